The number of aromatic nitrogens is 3. The number of morpholine rings is 1. The Hall–Kier alpha value is -2.03. The third kappa shape index (κ3) is 3.00. The molecular formula is C20H26N5O2S+. The summed E-state index contributed by atoms with van der Waals surface area (Å²) in [5.74, 6) is 2.07. The third-order valence-corrected chi connectivity index (χ3v) is 6.84. The largest absolute Gasteiger partial charge is 0.394 e. The van der Waals surface area contributed by atoms with Gasteiger partial charge in [0.2, 0.25) is 0 Å². The predicted octanol–water partition coefficient (Wildman–Crippen LogP) is 2.17. The van der Waals surface area contributed by atoms with Gasteiger partial charge in [-0.15, -0.1) is 0 Å². The van der Waals surface area contributed by atoms with E-state index in [2.05, 4.69) is 25.2 Å². The van der Waals surface area contributed by atoms with Crippen molar-refractivity contribution in [2.45, 2.75) is 38.6 Å². The minimum Gasteiger partial charge on any atom is -0.394 e. The number of hydrogen-bond donors (Lipinski definition) is 2. The van der Waals surface area contributed by atoms with Gasteiger partial charge >= 0.3 is 0 Å². The molecule has 1 atom stereocenters. The summed E-state index contributed by atoms with van der Waals surface area (Å²) in [6.07, 6.45) is 6.31. The lowest BCUT2D eigenvalue weighted by molar-refractivity contribution is -0.328. The Labute approximate surface area is 167 Å². The molecule has 0 radical (unpaired) electrons. The van der Waals surface area contributed by atoms with Gasteiger partial charge in [-0.25, -0.2) is 15.0 Å². The van der Waals surface area contributed by atoms with Crippen LogP contribution >= 0.6 is 11.3 Å². The number of anilines is 2. The van der Waals surface area contributed by atoms with Gasteiger partial charge in [-0.3, -0.25) is 4.90 Å². The zero-order valence-corrected chi connectivity index (χ0v) is 16.9. The zero-order valence-electron chi connectivity index (χ0n) is 16.1. The number of aliphatic hydroxyl groups is 1. The Morgan fingerprint density at radius 1 is 1.25 bits per heavy atom. The maximum Gasteiger partial charge on any atom is 0.279 e. The van der Waals surface area contributed by atoms with E-state index < -0.39 is 0 Å². The van der Waals surface area contributed by atoms with Crippen molar-refractivity contribution in [1.82, 2.24) is 9.97 Å². The van der Waals surface area contributed by atoms with Crippen molar-refractivity contribution < 1.29 is 14.8 Å². The average molecular weight is 401 g/mol. The van der Waals surface area contributed by atoms with Crippen molar-refractivity contribution >= 4 is 43.4 Å². The molecule has 7 nitrogen and oxygen atoms in total. The number of aromatic amines is 1. The summed E-state index contributed by atoms with van der Waals surface area (Å²) < 4.78 is 6.62. The fourth-order valence-electron chi connectivity index (χ4n) is 4.34. The lowest BCUT2D eigenvalue weighted by atomic mass is 9.90. The summed E-state index contributed by atoms with van der Waals surface area (Å²) in [5.41, 5.74) is 3.93. The molecule has 28 heavy (non-hydrogen) atoms. The molecule has 8 heteroatoms. The topological polar surface area (TPSA) is 84.7 Å². The Balaban J connectivity index is 1.72. The van der Waals surface area contributed by atoms with E-state index >= 15 is 0 Å². The minimum absolute atomic E-state index is 0.0508. The molecule has 1 fully saturated rings. The van der Waals surface area contributed by atoms with Crippen LogP contribution in [0, 0.1) is 0 Å². The molecule has 1 aliphatic heterocycles. The molecule has 1 saturated heterocycles. The summed E-state index contributed by atoms with van der Waals surface area (Å²) in [5, 5.41) is 14.0. The number of H-pyrrole nitrogens is 1. The van der Waals surface area contributed by atoms with Gasteiger partial charge < -0.3 is 15.2 Å². The van der Waals surface area contributed by atoms with Crippen LogP contribution in [-0.4, -0.2) is 54.0 Å². The molecule has 0 bridgehead atoms. The van der Waals surface area contributed by atoms with Crippen LogP contribution < -0.4 is 15.2 Å². The molecule has 2 aliphatic rings. The van der Waals surface area contributed by atoms with E-state index in [-0.39, 0.29) is 12.6 Å². The SMILES string of the molecule is C[C@H](CO)Nc1ncnc2c1sc1[nH+]c(N3CCOCC3)c3c(c12)CCCC3. The summed E-state index contributed by atoms with van der Waals surface area (Å²) in [7, 11) is 0. The minimum atomic E-state index is -0.0508. The average Bonchev–Trinajstić information content (AvgIpc) is 3.13. The van der Waals surface area contributed by atoms with Gasteiger partial charge in [0.05, 0.1) is 30.7 Å². The summed E-state index contributed by atoms with van der Waals surface area (Å²) in [6.45, 7) is 5.45. The van der Waals surface area contributed by atoms with E-state index in [0.717, 1.165) is 60.0 Å². The predicted molar refractivity (Wildman–Crippen MR) is 111 cm³/mol. The van der Waals surface area contributed by atoms with Crippen molar-refractivity contribution in [2.24, 2.45) is 0 Å². The number of ether oxygens (including phenoxy) is 1. The summed E-state index contributed by atoms with van der Waals surface area (Å²) >= 11 is 1.71. The number of nitrogens with zero attached hydrogens (tertiary/aromatic N) is 3. The smallest absolute Gasteiger partial charge is 0.279 e. The highest BCUT2D eigenvalue weighted by atomic mass is 32.1. The van der Waals surface area contributed by atoms with E-state index in [4.69, 9.17) is 4.74 Å². The van der Waals surface area contributed by atoms with Crippen LogP contribution in [0.5, 0.6) is 0 Å². The lowest BCUT2D eigenvalue weighted by Crippen LogP contribution is -2.40. The molecule has 0 amide bonds. The van der Waals surface area contributed by atoms with Crippen LogP contribution in [0.4, 0.5) is 11.6 Å². The van der Waals surface area contributed by atoms with Crippen molar-refractivity contribution in [3.63, 3.8) is 0 Å². The number of pyridine rings is 1. The van der Waals surface area contributed by atoms with Gasteiger partial charge in [0.25, 0.3) is 5.82 Å². The molecule has 5 rings (SSSR count). The Morgan fingerprint density at radius 3 is 2.82 bits per heavy atom. The molecule has 148 valence electrons. The lowest BCUT2D eigenvalue weighted by Gasteiger charge is -2.25. The fraction of sp³-hybridized carbons (Fsp3) is 0.550. The van der Waals surface area contributed by atoms with Gasteiger partial charge in [-0.2, -0.15) is 0 Å². The van der Waals surface area contributed by atoms with Crippen LogP contribution in [0.3, 0.4) is 0 Å². The van der Waals surface area contributed by atoms with Crippen LogP contribution in [0.2, 0.25) is 0 Å². The van der Waals surface area contributed by atoms with Crippen molar-refractivity contribution in [2.75, 3.05) is 43.1 Å². The zero-order chi connectivity index (χ0) is 19.1. The number of rotatable bonds is 4. The van der Waals surface area contributed by atoms with E-state index in [9.17, 15) is 5.11 Å². The molecule has 0 saturated carbocycles. The monoisotopic (exact) mass is 400 g/mol. The maximum absolute atomic E-state index is 9.42. The highest BCUT2D eigenvalue weighted by Gasteiger charge is 2.30. The highest BCUT2D eigenvalue weighted by Crippen LogP contribution is 2.41. The number of thiophene rings is 1. The standard InChI is InChI=1S/C20H25N5O2S/c1-12(10-26)23-18-17-16(21-11-22-18)15-13-4-2-3-5-14(13)19(24-20(15)28-17)25-6-8-27-9-7-25/h11-12,26H,2-10H2,1H3,(H,21,22,23)/p+1/t12-/m1/s1. The van der Waals surface area contributed by atoms with E-state index in [1.54, 1.807) is 17.7 Å². The Morgan fingerprint density at radius 2 is 2.04 bits per heavy atom. The summed E-state index contributed by atoms with van der Waals surface area (Å²) in [4.78, 5) is 16.5. The van der Waals surface area contributed by atoms with Gasteiger partial charge in [-0.05, 0) is 38.2 Å². The molecule has 3 aromatic rings. The molecular weight excluding hydrogens is 374 g/mol. The van der Waals surface area contributed by atoms with Crippen molar-refractivity contribution in [3.8, 4) is 0 Å². The first-order valence-electron chi connectivity index (χ1n) is 10.1. The first kappa shape index (κ1) is 18.0. The second-order valence-corrected chi connectivity index (χ2v) is 8.69. The van der Waals surface area contributed by atoms with Gasteiger partial charge in [0.15, 0.2) is 4.83 Å². The molecule has 3 N–H and O–H groups in total. The second-order valence-electron chi connectivity index (χ2n) is 7.67. The third-order valence-electron chi connectivity index (χ3n) is 5.74. The second kappa shape index (κ2) is 7.42. The normalized spacial score (nSPS) is 18.4. The number of aryl methyl sites for hydroxylation is 1. The van der Waals surface area contributed by atoms with Gasteiger partial charge in [0, 0.05) is 11.6 Å². The maximum atomic E-state index is 9.42. The molecule has 4 heterocycles. The number of aliphatic hydroxyl groups excluding tert-OH is 1. The van der Waals surface area contributed by atoms with Gasteiger partial charge in [-0.1, -0.05) is 11.3 Å². The van der Waals surface area contributed by atoms with Crippen LogP contribution in [0.25, 0.3) is 20.4 Å². The fourth-order valence-corrected chi connectivity index (χ4v) is 5.47. The number of fused-ring (bicyclic) bond motifs is 5. The molecule has 0 spiro atoms. The van der Waals surface area contributed by atoms with E-state index in [0.29, 0.717) is 0 Å². The molecule has 0 unspecified atom stereocenters. The quantitative estimate of drug-likeness (QED) is 0.698. The summed E-state index contributed by atoms with van der Waals surface area (Å²) in [6, 6.07) is -0.0508. The van der Waals surface area contributed by atoms with E-state index in [1.807, 2.05) is 6.92 Å². The van der Waals surface area contributed by atoms with Crippen LogP contribution in [0.15, 0.2) is 6.33 Å². The molecule has 3 aromatic heterocycles. The Bertz CT molecular complexity index is 1010. The van der Waals surface area contributed by atoms with Crippen molar-refractivity contribution in [3.05, 3.63) is 17.5 Å². The highest BCUT2D eigenvalue weighted by molar-refractivity contribution is 7.25. The number of nitrogens with one attached hydrogen (secondary N) is 2. The number of hydrogen-bond acceptors (Lipinski definition) is 7. The first-order valence-corrected chi connectivity index (χ1v) is 10.9. The van der Waals surface area contributed by atoms with E-state index in [1.165, 1.54) is 35.2 Å². The van der Waals surface area contributed by atoms with Crippen LogP contribution in [0.1, 0.15) is 30.9 Å². The van der Waals surface area contributed by atoms with Gasteiger partial charge in [0.1, 0.15) is 29.9 Å². The van der Waals surface area contributed by atoms with Crippen molar-refractivity contribution in [1.29, 1.82) is 0 Å². The Kier molecular flexibility index (Phi) is 4.78. The first-order chi connectivity index (χ1) is 13.8. The van der Waals surface area contributed by atoms with Crippen LogP contribution in [-0.2, 0) is 17.6 Å². The molecule has 1 aliphatic carbocycles. The molecule has 0 aromatic carbocycles.